The monoisotopic (exact) mass is 435 g/mol. The molecule has 1 aliphatic heterocycles. The third-order valence-corrected chi connectivity index (χ3v) is 8.11. The van der Waals surface area contributed by atoms with Crippen LogP contribution in [0, 0.1) is 12.8 Å². The summed E-state index contributed by atoms with van der Waals surface area (Å²) in [6.45, 7) is 3.47. The van der Waals surface area contributed by atoms with E-state index < -0.39 is 10.0 Å². The highest BCUT2D eigenvalue weighted by molar-refractivity contribution is 7.89. The molecule has 1 aromatic rings. The lowest BCUT2D eigenvalue weighted by molar-refractivity contribution is -0.125. The summed E-state index contributed by atoms with van der Waals surface area (Å²) < 4.78 is 27.5. The van der Waals surface area contributed by atoms with Crippen molar-refractivity contribution in [1.82, 2.24) is 14.9 Å². The molecule has 166 valence electrons. The number of carbonyl (C=O) groups is 2. The molecule has 1 aromatic carbocycles. The summed E-state index contributed by atoms with van der Waals surface area (Å²) in [6, 6.07) is 4.78. The van der Waals surface area contributed by atoms with Crippen LogP contribution in [0.15, 0.2) is 23.1 Å². The largest absolute Gasteiger partial charge is 0.354 e. The van der Waals surface area contributed by atoms with Crippen LogP contribution in [-0.4, -0.2) is 50.7 Å². The van der Waals surface area contributed by atoms with Gasteiger partial charge in [0.05, 0.1) is 4.90 Å². The number of nitrogens with one attached hydrogen (secondary N) is 2. The van der Waals surface area contributed by atoms with Gasteiger partial charge in [-0.05, 0) is 50.3 Å². The zero-order valence-corrected chi connectivity index (χ0v) is 18.6. The lowest BCUT2D eigenvalue weighted by atomic mass is 9.89. The maximum atomic E-state index is 13.0. The van der Waals surface area contributed by atoms with Gasteiger partial charge in [-0.1, -0.05) is 31.7 Å². The molecule has 0 atom stereocenters. The highest BCUT2D eigenvalue weighted by Crippen LogP contribution is 2.25. The second kappa shape index (κ2) is 10.4. The lowest BCUT2D eigenvalue weighted by Gasteiger charge is -2.26. The van der Waals surface area contributed by atoms with Gasteiger partial charge in [-0.15, -0.1) is 0 Å². The molecule has 2 fully saturated rings. The van der Waals surface area contributed by atoms with Crippen LogP contribution in [0.25, 0.3) is 0 Å². The fourth-order valence-corrected chi connectivity index (χ4v) is 6.00. The molecule has 0 radical (unpaired) electrons. The Kier molecular flexibility index (Phi) is 7.88. The van der Waals surface area contributed by atoms with Crippen LogP contribution in [0.2, 0.25) is 0 Å². The number of carbonyl (C=O) groups excluding carboxylic acids is 2. The van der Waals surface area contributed by atoms with Gasteiger partial charge in [0, 0.05) is 37.7 Å². The van der Waals surface area contributed by atoms with Crippen molar-refractivity contribution in [3.8, 4) is 0 Å². The zero-order chi connectivity index (χ0) is 21.6. The van der Waals surface area contributed by atoms with Crippen molar-refractivity contribution in [2.75, 3.05) is 26.2 Å². The van der Waals surface area contributed by atoms with Gasteiger partial charge in [0.1, 0.15) is 0 Å². The van der Waals surface area contributed by atoms with E-state index in [1.165, 1.54) is 16.8 Å². The number of amides is 2. The number of rotatable bonds is 7. The summed E-state index contributed by atoms with van der Waals surface area (Å²) >= 11 is 0. The number of aryl methyl sites for hydroxylation is 1. The summed E-state index contributed by atoms with van der Waals surface area (Å²) in [5.74, 6) is -0.180. The van der Waals surface area contributed by atoms with Gasteiger partial charge in [0.15, 0.2) is 0 Å². The third-order valence-electron chi connectivity index (χ3n) is 6.07. The average molecular weight is 436 g/mol. The molecule has 1 saturated carbocycles. The molecule has 0 aromatic heterocycles. The maximum Gasteiger partial charge on any atom is 0.251 e. The van der Waals surface area contributed by atoms with E-state index in [4.69, 9.17) is 0 Å². The second-order valence-corrected chi connectivity index (χ2v) is 10.2. The molecule has 7 nitrogen and oxygen atoms in total. The number of sulfonamides is 1. The molecular formula is C22H33N3O4S. The zero-order valence-electron chi connectivity index (χ0n) is 17.8. The minimum Gasteiger partial charge on any atom is -0.354 e. The van der Waals surface area contributed by atoms with Gasteiger partial charge in [-0.2, -0.15) is 4.31 Å². The normalized spacial score (nSPS) is 18.7. The van der Waals surface area contributed by atoms with Gasteiger partial charge >= 0.3 is 0 Å². The maximum absolute atomic E-state index is 13.0. The predicted molar refractivity (Wildman–Crippen MR) is 116 cm³/mol. The van der Waals surface area contributed by atoms with E-state index in [0.717, 1.165) is 44.9 Å². The van der Waals surface area contributed by atoms with E-state index in [2.05, 4.69) is 10.6 Å². The minimum atomic E-state index is -3.60. The third kappa shape index (κ3) is 5.60. The summed E-state index contributed by atoms with van der Waals surface area (Å²) in [5, 5.41) is 5.66. The van der Waals surface area contributed by atoms with E-state index in [1.54, 1.807) is 19.1 Å². The van der Waals surface area contributed by atoms with Gasteiger partial charge in [-0.3, -0.25) is 9.59 Å². The molecule has 2 aliphatic rings. The van der Waals surface area contributed by atoms with Crippen molar-refractivity contribution in [1.29, 1.82) is 0 Å². The van der Waals surface area contributed by atoms with E-state index in [1.807, 2.05) is 0 Å². The number of hydrogen-bond donors (Lipinski definition) is 2. The summed E-state index contributed by atoms with van der Waals surface area (Å²) in [5.41, 5.74) is 0.951. The van der Waals surface area contributed by atoms with Crippen molar-refractivity contribution in [3.05, 3.63) is 29.3 Å². The Balaban J connectivity index is 1.56. The molecular weight excluding hydrogens is 402 g/mol. The average Bonchev–Trinajstić information content (AvgIpc) is 2.77. The van der Waals surface area contributed by atoms with Crippen molar-refractivity contribution >= 4 is 21.8 Å². The first-order chi connectivity index (χ1) is 14.4. The molecule has 0 unspecified atom stereocenters. The molecule has 3 rings (SSSR count). The molecule has 1 saturated heterocycles. The van der Waals surface area contributed by atoms with Crippen LogP contribution in [0.3, 0.4) is 0 Å². The summed E-state index contributed by atoms with van der Waals surface area (Å²) in [6.07, 6.45) is 8.06. The molecule has 2 amide bonds. The van der Waals surface area contributed by atoms with Crippen LogP contribution in [0.1, 0.15) is 67.3 Å². The van der Waals surface area contributed by atoms with E-state index in [0.29, 0.717) is 37.3 Å². The number of hydrogen-bond acceptors (Lipinski definition) is 4. The summed E-state index contributed by atoms with van der Waals surface area (Å²) in [7, 11) is -3.60. The van der Waals surface area contributed by atoms with Gasteiger partial charge < -0.3 is 10.6 Å². The van der Waals surface area contributed by atoms with Crippen molar-refractivity contribution in [2.45, 2.75) is 63.2 Å². The number of nitrogens with zero attached hydrogens (tertiary/aromatic N) is 1. The highest BCUT2D eigenvalue weighted by Gasteiger charge is 2.28. The fraction of sp³-hybridized carbons (Fsp3) is 0.636. The minimum absolute atomic E-state index is 0.0641. The Morgan fingerprint density at radius 1 is 0.967 bits per heavy atom. The van der Waals surface area contributed by atoms with Gasteiger partial charge in [-0.25, -0.2) is 8.42 Å². The predicted octanol–water partition coefficient (Wildman–Crippen LogP) is 2.60. The Morgan fingerprint density at radius 2 is 1.60 bits per heavy atom. The van der Waals surface area contributed by atoms with Crippen LogP contribution >= 0.6 is 0 Å². The van der Waals surface area contributed by atoms with E-state index in [9.17, 15) is 18.0 Å². The number of piperidine rings is 1. The van der Waals surface area contributed by atoms with Crippen LogP contribution in [0.4, 0.5) is 0 Å². The fourth-order valence-electron chi connectivity index (χ4n) is 4.24. The van der Waals surface area contributed by atoms with Crippen molar-refractivity contribution < 1.29 is 18.0 Å². The lowest BCUT2D eigenvalue weighted by Crippen LogP contribution is -2.38. The molecule has 8 heteroatoms. The SMILES string of the molecule is Cc1ccc(C(=O)NCCNC(=O)C2CCCCC2)cc1S(=O)(=O)N1CCCCC1. The molecule has 2 N–H and O–H groups in total. The first kappa shape index (κ1) is 22.7. The molecule has 0 bridgehead atoms. The quantitative estimate of drug-likeness (QED) is 0.644. The molecule has 1 heterocycles. The van der Waals surface area contributed by atoms with Crippen molar-refractivity contribution in [2.24, 2.45) is 5.92 Å². The van der Waals surface area contributed by atoms with E-state index in [-0.39, 0.29) is 22.6 Å². The Labute approximate surface area is 179 Å². The highest BCUT2D eigenvalue weighted by atomic mass is 32.2. The standard InChI is InChI=1S/C22H33N3O4S/c1-17-10-11-19(16-20(17)30(28,29)25-14-6-3-7-15-25)22(27)24-13-12-23-21(26)18-8-4-2-5-9-18/h10-11,16,18H,2-9,12-15H2,1H3,(H,23,26)(H,24,27). The van der Waals surface area contributed by atoms with Crippen LogP contribution in [-0.2, 0) is 14.8 Å². The topological polar surface area (TPSA) is 95.6 Å². The van der Waals surface area contributed by atoms with Gasteiger partial charge in [0.2, 0.25) is 15.9 Å². The van der Waals surface area contributed by atoms with Crippen LogP contribution < -0.4 is 10.6 Å². The first-order valence-electron chi connectivity index (χ1n) is 11.1. The molecule has 0 spiro atoms. The smallest absolute Gasteiger partial charge is 0.251 e. The second-order valence-electron chi connectivity index (χ2n) is 8.33. The molecule has 30 heavy (non-hydrogen) atoms. The number of benzene rings is 1. The van der Waals surface area contributed by atoms with E-state index >= 15 is 0 Å². The van der Waals surface area contributed by atoms with Crippen molar-refractivity contribution in [3.63, 3.8) is 0 Å². The van der Waals surface area contributed by atoms with Gasteiger partial charge in [0.25, 0.3) is 5.91 Å². The first-order valence-corrected chi connectivity index (χ1v) is 12.5. The Morgan fingerprint density at radius 3 is 2.30 bits per heavy atom. The summed E-state index contributed by atoms with van der Waals surface area (Å²) in [4.78, 5) is 24.9. The molecule has 1 aliphatic carbocycles. The van der Waals surface area contributed by atoms with Crippen LogP contribution in [0.5, 0.6) is 0 Å². The Hall–Kier alpha value is -1.93. The Bertz CT molecular complexity index is 857.